The Morgan fingerprint density at radius 2 is 2.09 bits per heavy atom. The number of hydrogen-bond donors (Lipinski definition) is 3. The molecule has 4 heterocycles. The summed E-state index contributed by atoms with van der Waals surface area (Å²) in [6.45, 7) is 4.54. The number of nitrogens with one attached hydrogen (secondary N) is 2. The number of nitrogens with zero attached hydrogens (tertiary/aromatic N) is 4. The highest BCUT2D eigenvalue weighted by Gasteiger charge is 2.42. The van der Waals surface area contributed by atoms with Crippen molar-refractivity contribution in [1.82, 2.24) is 20.0 Å². The van der Waals surface area contributed by atoms with Crippen molar-refractivity contribution in [3.05, 3.63) is 77.1 Å². The van der Waals surface area contributed by atoms with Gasteiger partial charge in [-0.1, -0.05) is 35.0 Å². The van der Waals surface area contributed by atoms with Gasteiger partial charge in [0.2, 0.25) is 11.9 Å². The van der Waals surface area contributed by atoms with Gasteiger partial charge in [0, 0.05) is 17.3 Å². The zero-order chi connectivity index (χ0) is 24.7. The Bertz CT molecular complexity index is 1480. The fourth-order valence-electron chi connectivity index (χ4n) is 4.10. The number of rotatable bonds is 5. The monoisotopic (exact) mass is 509 g/mol. The van der Waals surface area contributed by atoms with Gasteiger partial charge in [-0.05, 0) is 30.3 Å². The van der Waals surface area contributed by atoms with Crippen LogP contribution < -0.4 is 15.7 Å². The number of amides is 2. The van der Waals surface area contributed by atoms with Crippen LogP contribution in [0.3, 0.4) is 0 Å². The van der Waals surface area contributed by atoms with Gasteiger partial charge in [-0.3, -0.25) is 9.59 Å². The molecule has 5 rings (SSSR count). The van der Waals surface area contributed by atoms with Crippen molar-refractivity contribution >= 4 is 46.0 Å². The molecule has 0 spiro atoms. The third kappa shape index (κ3) is 4.09. The Morgan fingerprint density at radius 3 is 2.77 bits per heavy atom. The van der Waals surface area contributed by atoms with Gasteiger partial charge in [-0.2, -0.15) is 5.10 Å². The van der Waals surface area contributed by atoms with Gasteiger partial charge < -0.3 is 16.0 Å². The predicted molar refractivity (Wildman–Crippen MR) is 130 cm³/mol. The van der Waals surface area contributed by atoms with Gasteiger partial charge >= 0.3 is 10.5 Å². The summed E-state index contributed by atoms with van der Waals surface area (Å²) >= 11 is 12.2. The molecular formula is C24H21Cl2N7O2+2. The van der Waals surface area contributed by atoms with Gasteiger partial charge in [0.15, 0.2) is 11.6 Å². The first-order valence-electron chi connectivity index (χ1n) is 10.7. The van der Waals surface area contributed by atoms with Crippen LogP contribution in [0, 0.1) is 11.6 Å². The number of nitrogens with two attached hydrogens (primary N) is 1. The molecule has 1 saturated heterocycles. The molecule has 1 aliphatic heterocycles. The van der Waals surface area contributed by atoms with Crippen LogP contribution in [0.25, 0.3) is 22.2 Å². The minimum atomic E-state index is -0.334. The van der Waals surface area contributed by atoms with Crippen molar-refractivity contribution in [1.29, 1.82) is 0 Å². The van der Waals surface area contributed by atoms with Crippen LogP contribution in [0.1, 0.15) is 16.4 Å². The number of anilines is 2. The standard InChI is InChI=1S/C24H19Cl2N7O2/c1-2-19(34)32-11-14(12-32)33-22-17(26)10-29-23(27)20(22)21(31-33)15-7-6-13(9-16(15)25)24(35)30-18-5-3-4-8-28-18/h2-10,14,26H,1,11-12H2,(H2-,27,28,29,30,31,35)/p+2. The molecule has 4 N–H and O–H groups in total. The minimum absolute atomic E-state index is 0.0270. The lowest BCUT2D eigenvalue weighted by Gasteiger charge is -2.33. The van der Waals surface area contributed by atoms with Crippen molar-refractivity contribution < 1.29 is 25.9 Å². The van der Waals surface area contributed by atoms with Crippen molar-refractivity contribution in [2.45, 2.75) is 6.04 Å². The summed E-state index contributed by atoms with van der Waals surface area (Å²) in [5.74, 6) is 0.278. The number of aromatic amines is 1. The fourth-order valence-corrected chi connectivity index (χ4v) is 4.63. The van der Waals surface area contributed by atoms with E-state index >= 15 is 0 Å². The van der Waals surface area contributed by atoms with Gasteiger partial charge in [0.25, 0.3) is 5.91 Å². The molecule has 1 fully saturated rings. The highest BCUT2D eigenvalue weighted by molar-refractivity contribution is 6.34. The number of pyridine rings is 2. The van der Waals surface area contributed by atoms with E-state index in [1.54, 1.807) is 53.7 Å². The smallest absolute Gasteiger partial charge is 0.317 e. The molecule has 0 aliphatic carbocycles. The van der Waals surface area contributed by atoms with E-state index in [-0.39, 0.29) is 17.9 Å². The fraction of sp³-hybridized carbons (Fsp3) is 0.125. The highest BCUT2D eigenvalue weighted by Crippen LogP contribution is 2.36. The predicted octanol–water partition coefficient (Wildman–Crippen LogP) is 2.67. The number of aromatic nitrogens is 4. The summed E-state index contributed by atoms with van der Waals surface area (Å²) in [6.07, 6.45) is 4.43. The number of likely N-dealkylation sites (tertiary alicyclic amines) is 1. The van der Waals surface area contributed by atoms with Crippen LogP contribution in [-0.2, 0) is 4.79 Å². The SMILES string of the molecule is C=CC(=O)N1CC([n+]2[nH]c(-c3ccc(C(=O)Nc4ccccn4)cc3Cl)c3c(N)ncc([ClH+])c32)C1. The van der Waals surface area contributed by atoms with Gasteiger partial charge in [-0.15, -0.1) is 0 Å². The number of carbonyl (C=O) groups is 2. The molecule has 0 atom stereocenters. The summed E-state index contributed by atoms with van der Waals surface area (Å²) in [5.41, 5.74) is 8.62. The quantitative estimate of drug-likeness (QED) is 0.282. The second-order valence-electron chi connectivity index (χ2n) is 8.05. The number of H-pyrrole nitrogens is 1. The molecule has 1 aliphatic rings. The minimum Gasteiger partial charge on any atom is -0.383 e. The van der Waals surface area contributed by atoms with E-state index in [0.29, 0.717) is 62.5 Å². The summed E-state index contributed by atoms with van der Waals surface area (Å²) in [4.78, 5) is 34.6. The Balaban J connectivity index is 1.52. The Hall–Kier alpha value is -3.95. The Kier molecular flexibility index (Phi) is 5.88. The van der Waals surface area contributed by atoms with E-state index in [1.807, 2.05) is 4.68 Å². The van der Waals surface area contributed by atoms with Crippen LogP contribution in [0.5, 0.6) is 0 Å². The zero-order valence-electron chi connectivity index (χ0n) is 18.4. The van der Waals surface area contributed by atoms with Crippen molar-refractivity contribution in [2.75, 3.05) is 24.1 Å². The summed E-state index contributed by atoms with van der Waals surface area (Å²) < 4.78 is 1.91. The first kappa shape index (κ1) is 22.8. The van der Waals surface area contributed by atoms with Crippen molar-refractivity contribution in [3.8, 4) is 11.3 Å². The number of halogens is 2. The topological polar surface area (TPSA) is 121 Å². The van der Waals surface area contributed by atoms with E-state index in [4.69, 9.17) is 28.9 Å². The van der Waals surface area contributed by atoms with E-state index < -0.39 is 0 Å². The average molecular weight is 510 g/mol. The summed E-state index contributed by atoms with van der Waals surface area (Å²) in [7, 11) is 0. The van der Waals surface area contributed by atoms with Crippen molar-refractivity contribution in [3.63, 3.8) is 0 Å². The molecule has 176 valence electrons. The van der Waals surface area contributed by atoms with Crippen LogP contribution >= 0.6 is 11.6 Å². The molecule has 0 saturated carbocycles. The molecule has 4 aromatic rings. The largest absolute Gasteiger partial charge is 0.383 e. The number of hydrogen-bond acceptors (Lipinski definition) is 5. The normalized spacial score (nSPS) is 13.5. The lowest BCUT2D eigenvalue weighted by Crippen LogP contribution is -2.61. The molecular weight excluding hydrogens is 489 g/mol. The molecule has 1 aromatic carbocycles. The second kappa shape index (κ2) is 9.01. The third-order valence-corrected chi connectivity index (χ3v) is 6.50. The molecule has 0 bridgehead atoms. The van der Waals surface area contributed by atoms with Gasteiger partial charge in [0.1, 0.15) is 28.9 Å². The molecule has 0 unspecified atom stereocenters. The first-order valence-corrected chi connectivity index (χ1v) is 11.5. The van der Waals surface area contributed by atoms with Crippen LogP contribution in [0.15, 0.2) is 61.4 Å². The van der Waals surface area contributed by atoms with E-state index in [9.17, 15) is 9.59 Å². The van der Waals surface area contributed by atoms with Gasteiger partial charge in [-0.25, -0.2) is 9.97 Å². The summed E-state index contributed by atoms with van der Waals surface area (Å²) in [6, 6.07) is 10.2. The molecule has 2 amide bonds. The first-order chi connectivity index (χ1) is 16.9. The molecule has 11 heteroatoms. The lowest BCUT2D eigenvalue weighted by atomic mass is 10.1. The number of carbonyl (C=O) groups excluding carboxylic acids is 2. The lowest BCUT2D eigenvalue weighted by molar-refractivity contribution is -0.760. The maximum Gasteiger partial charge on any atom is 0.317 e. The number of benzene rings is 1. The van der Waals surface area contributed by atoms with E-state index in [0.717, 1.165) is 0 Å². The summed E-state index contributed by atoms with van der Waals surface area (Å²) in [5, 5.41) is 7.61. The Morgan fingerprint density at radius 1 is 1.29 bits per heavy atom. The number of fused-ring (bicyclic) bond motifs is 1. The number of nitrogen functional groups attached to an aromatic ring is 1. The zero-order valence-corrected chi connectivity index (χ0v) is 19.9. The third-order valence-electron chi connectivity index (χ3n) is 5.89. The van der Waals surface area contributed by atoms with Crippen LogP contribution in [0.2, 0.25) is 10.0 Å². The van der Waals surface area contributed by atoms with Crippen LogP contribution in [0.4, 0.5) is 11.6 Å². The van der Waals surface area contributed by atoms with Gasteiger partial charge in [0.05, 0.1) is 18.1 Å². The molecule has 0 radical (unpaired) electrons. The maximum atomic E-state index is 12.7. The average Bonchev–Trinajstić information content (AvgIpc) is 3.22. The Labute approximate surface area is 210 Å². The van der Waals surface area contributed by atoms with E-state index in [2.05, 4.69) is 27.0 Å². The molecule has 3 aromatic heterocycles. The van der Waals surface area contributed by atoms with Crippen molar-refractivity contribution in [2.24, 2.45) is 0 Å². The van der Waals surface area contributed by atoms with Crippen LogP contribution in [-0.4, -0.2) is 44.9 Å². The highest BCUT2D eigenvalue weighted by atomic mass is 35.5. The van der Waals surface area contributed by atoms with E-state index in [1.165, 1.54) is 6.08 Å². The molecule has 9 nitrogen and oxygen atoms in total. The molecule has 35 heavy (non-hydrogen) atoms. The maximum absolute atomic E-state index is 12.7. The second-order valence-corrected chi connectivity index (χ2v) is 8.90.